The molecule has 5 nitrogen and oxygen atoms in total. The first-order valence-corrected chi connectivity index (χ1v) is 9.68. The van der Waals surface area contributed by atoms with Gasteiger partial charge in [-0.1, -0.05) is 65.6 Å². The second-order valence-electron chi connectivity index (χ2n) is 5.50. The highest BCUT2D eigenvalue weighted by Gasteiger charge is 2.13. The molecule has 0 spiro atoms. The van der Waals surface area contributed by atoms with Crippen LogP contribution in [0.2, 0.25) is 0 Å². The van der Waals surface area contributed by atoms with Gasteiger partial charge in [0, 0.05) is 13.6 Å². The Kier molecular flexibility index (Phi) is 6.19. The number of nitrogens with zero attached hydrogens (tertiary/aromatic N) is 3. The largest absolute Gasteiger partial charge is 0.341 e. The maximum absolute atomic E-state index is 13.6. The molecule has 1 heterocycles. The number of hydrogen-bond donors (Lipinski definition) is 1. The summed E-state index contributed by atoms with van der Waals surface area (Å²) < 4.78 is 14.3. The number of carbonyl (C=O) groups excluding carboxylic acids is 1. The fourth-order valence-corrected chi connectivity index (χ4v) is 3.88. The third-order valence-corrected chi connectivity index (χ3v) is 5.49. The highest BCUT2D eigenvalue weighted by Crippen LogP contribution is 2.28. The summed E-state index contributed by atoms with van der Waals surface area (Å²) in [4.78, 5) is 13.9. The quantitative estimate of drug-likeness (QED) is 0.616. The van der Waals surface area contributed by atoms with Gasteiger partial charge in [-0.25, -0.2) is 4.39 Å². The van der Waals surface area contributed by atoms with E-state index in [2.05, 4.69) is 15.5 Å². The summed E-state index contributed by atoms with van der Waals surface area (Å²) in [5.74, 6) is -0.0650. The molecule has 26 heavy (non-hydrogen) atoms. The average molecular weight is 388 g/mol. The Morgan fingerprint density at radius 1 is 1.15 bits per heavy atom. The van der Waals surface area contributed by atoms with Gasteiger partial charge in [-0.2, -0.15) is 0 Å². The summed E-state index contributed by atoms with van der Waals surface area (Å²) in [7, 11) is 1.78. The summed E-state index contributed by atoms with van der Waals surface area (Å²) in [6, 6.07) is 16.2. The lowest BCUT2D eigenvalue weighted by molar-refractivity contribution is -0.127. The van der Waals surface area contributed by atoms with Crippen LogP contribution in [-0.2, 0) is 11.3 Å². The zero-order valence-electron chi connectivity index (χ0n) is 14.1. The van der Waals surface area contributed by atoms with Crippen molar-refractivity contribution in [1.29, 1.82) is 0 Å². The van der Waals surface area contributed by atoms with Crippen LogP contribution in [0.3, 0.4) is 0 Å². The van der Waals surface area contributed by atoms with Gasteiger partial charge in [-0.3, -0.25) is 4.79 Å². The second-order valence-corrected chi connectivity index (χ2v) is 7.70. The van der Waals surface area contributed by atoms with E-state index in [1.54, 1.807) is 30.1 Å². The first kappa shape index (κ1) is 18.3. The summed E-state index contributed by atoms with van der Waals surface area (Å²) in [5.41, 5.74) is 1.43. The number of amides is 1. The molecule has 1 aromatic heterocycles. The molecular formula is C18H17FN4OS2. The topological polar surface area (TPSA) is 58.1 Å². The number of carbonyl (C=O) groups is 1. The molecule has 2 aromatic carbocycles. The van der Waals surface area contributed by atoms with Gasteiger partial charge in [0.05, 0.1) is 11.4 Å². The molecule has 0 bridgehead atoms. The van der Waals surface area contributed by atoms with Crippen LogP contribution in [-0.4, -0.2) is 33.8 Å². The molecule has 134 valence electrons. The van der Waals surface area contributed by atoms with Crippen LogP contribution in [0.1, 0.15) is 5.56 Å². The second kappa shape index (κ2) is 8.77. The number of anilines is 2. The van der Waals surface area contributed by atoms with E-state index in [0.717, 1.165) is 5.56 Å². The monoisotopic (exact) mass is 388 g/mol. The molecule has 0 saturated heterocycles. The number of nitrogens with one attached hydrogen (secondary N) is 1. The van der Waals surface area contributed by atoms with E-state index < -0.39 is 0 Å². The van der Waals surface area contributed by atoms with Crippen LogP contribution in [0.4, 0.5) is 15.2 Å². The maximum Gasteiger partial charge on any atom is 0.233 e. The summed E-state index contributed by atoms with van der Waals surface area (Å²) in [6.07, 6.45) is 0. The van der Waals surface area contributed by atoms with Crippen molar-refractivity contribution in [2.45, 2.75) is 10.9 Å². The molecule has 0 radical (unpaired) electrons. The first-order chi connectivity index (χ1) is 12.6. The molecule has 1 N–H and O–H groups in total. The molecule has 1 amide bonds. The van der Waals surface area contributed by atoms with Gasteiger partial charge < -0.3 is 10.2 Å². The highest BCUT2D eigenvalue weighted by molar-refractivity contribution is 8.01. The third kappa shape index (κ3) is 5.03. The number of hydrogen-bond acceptors (Lipinski definition) is 6. The van der Waals surface area contributed by atoms with E-state index in [0.29, 0.717) is 21.7 Å². The zero-order valence-corrected chi connectivity index (χ0v) is 15.7. The van der Waals surface area contributed by atoms with Crippen molar-refractivity contribution < 1.29 is 9.18 Å². The summed E-state index contributed by atoms with van der Waals surface area (Å²) >= 11 is 2.61. The average Bonchev–Trinajstić information content (AvgIpc) is 3.10. The SMILES string of the molecule is CN(Cc1ccccc1)C(=O)CSc1nnc(Nc2ccccc2F)s1. The molecule has 3 rings (SSSR count). The lowest BCUT2D eigenvalue weighted by Crippen LogP contribution is -2.27. The number of rotatable bonds is 7. The minimum absolute atomic E-state index is 0.0117. The number of aromatic nitrogens is 2. The Hall–Kier alpha value is -2.45. The molecule has 0 aliphatic rings. The smallest absolute Gasteiger partial charge is 0.233 e. The van der Waals surface area contributed by atoms with Gasteiger partial charge in [0.15, 0.2) is 4.34 Å². The molecule has 3 aromatic rings. The highest BCUT2D eigenvalue weighted by atomic mass is 32.2. The normalized spacial score (nSPS) is 10.5. The van der Waals surface area contributed by atoms with Crippen molar-refractivity contribution >= 4 is 39.8 Å². The molecule has 0 fully saturated rings. The molecule has 0 saturated carbocycles. The van der Waals surface area contributed by atoms with Crippen molar-refractivity contribution in [1.82, 2.24) is 15.1 Å². The predicted molar refractivity (Wildman–Crippen MR) is 103 cm³/mol. The Labute approximate surface area is 159 Å². The van der Waals surface area contributed by atoms with E-state index in [-0.39, 0.29) is 17.5 Å². The van der Waals surface area contributed by atoms with Gasteiger partial charge in [0.1, 0.15) is 5.82 Å². The lowest BCUT2D eigenvalue weighted by atomic mass is 10.2. The standard InChI is InChI=1S/C18H17FN4OS2/c1-23(11-13-7-3-2-4-8-13)16(24)12-25-18-22-21-17(26-18)20-15-10-6-5-9-14(15)19/h2-10H,11-12H2,1H3,(H,20,21). The van der Waals surface area contributed by atoms with Crippen LogP contribution in [0.5, 0.6) is 0 Å². The molecule has 0 aliphatic heterocycles. The van der Waals surface area contributed by atoms with Gasteiger partial charge in [-0.15, -0.1) is 10.2 Å². The zero-order chi connectivity index (χ0) is 18.4. The molecule has 0 unspecified atom stereocenters. The molecular weight excluding hydrogens is 371 g/mol. The lowest BCUT2D eigenvalue weighted by Gasteiger charge is -2.16. The van der Waals surface area contributed by atoms with E-state index in [9.17, 15) is 9.18 Å². The van der Waals surface area contributed by atoms with Crippen LogP contribution < -0.4 is 5.32 Å². The fourth-order valence-electron chi connectivity index (χ4n) is 2.18. The summed E-state index contributed by atoms with van der Waals surface area (Å²) in [6.45, 7) is 0.566. The van der Waals surface area contributed by atoms with E-state index in [4.69, 9.17) is 0 Å². The predicted octanol–water partition coefficient (Wildman–Crippen LogP) is 4.17. The number of para-hydroxylation sites is 1. The van der Waals surface area contributed by atoms with Gasteiger partial charge in [0.2, 0.25) is 11.0 Å². The van der Waals surface area contributed by atoms with Crippen LogP contribution in [0.15, 0.2) is 58.9 Å². The maximum atomic E-state index is 13.6. The van der Waals surface area contributed by atoms with E-state index >= 15 is 0 Å². The van der Waals surface area contributed by atoms with Crippen molar-refractivity contribution in [3.05, 3.63) is 66.0 Å². The summed E-state index contributed by atoms with van der Waals surface area (Å²) in [5, 5.41) is 11.4. The molecule has 0 atom stereocenters. The van der Waals surface area contributed by atoms with Crippen molar-refractivity contribution in [3.8, 4) is 0 Å². The number of benzene rings is 2. The Morgan fingerprint density at radius 3 is 2.65 bits per heavy atom. The van der Waals surface area contributed by atoms with Gasteiger partial charge >= 0.3 is 0 Å². The first-order valence-electron chi connectivity index (χ1n) is 7.87. The fraction of sp³-hybridized carbons (Fsp3) is 0.167. The number of halogens is 1. The van der Waals surface area contributed by atoms with Gasteiger partial charge in [-0.05, 0) is 17.7 Å². The van der Waals surface area contributed by atoms with Crippen molar-refractivity contribution in [2.24, 2.45) is 0 Å². The Morgan fingerprint density at radius 2 is 1.88 bits per heavy atom. The van der Waals surface area contributed by atoms with Crippen LogP contribution >= 0.6 is 23.1 Å². The van der Waals surface area contributed by atoms with Crippen molar-refractivity contribution in [3.63, 3.8) is 0 Å². The third-order valence-electron chi connectivity index (χ3n) is 3.53. The minimum atomic E-state index is -0.352. The van der Waals surface area contributed by atoms with Crippen molar-refractivity contribution in [2.75, 3.05) is 18.1 Å². The Bertz CT molecular complexity index is 872. The number of thioether (sulfide) groups is 1. The molecule has 8 heteroatoms. The van der Waals surface area contributed by atoms with Gasteiger partial charge in [0.25, 0.3) is 0 Å². The van der Waals surface area contributed by atoms with Crippen LogP contribution in [0.25, 0.3) is 0 Å². The molecule has 0 aliphatic carbocycles. The Balaban J connectivity index is 1.51. The minimum Gasteiger partial charge on any atom is -0.341 e. The van der Waals surface area contributed by atoms with E-state index in [1.165, 1.54) is 29.2 Å². The van der Waals surface area contributed by atoms with E-state index in [1.807, 2.05) is 30.3 Å². The van der Waals surface area contributed by atoms with Crippen LogP contribution in [0, 0.1) is 5.82 Å².